The molecule has 0 unspecified atom stereocenters. The number of benzene rings is 2. The van der Waals surface area contributed by atoms with E-state index in [1.165, 1.54) is 23.9 Å². The van der Waals surface area contributed by atoms with Crippen LogP contribution in [0.15, 0.2) is 47.6 Å². The lowest BCUT2D eigenvalue weighted by Gasteiger charge is -2.08. The summed E-state index contributed by atoms with van der Waals surface area (Å²) in [4.78, 5) is 12.4. The first kappa shape index (κ1) is 18.0. The number of aromatic hydroxyl groups is 2. The van der Waals surface area contributed by atoms with Crippen LogP contribution >= 0.6 is 11.8 Å². The average Bonchev–Trinajstić information content (AvgIpc) is 3.02. The first-order valence-corrected chi connectivity index (χ1v) is 9.16. The number of thioether (sulfide) groups is 1. The number of hydrogen-bond acceptors (Lipinski definition) is 6. The Labute approximate surface area is 155 Å². The molecule has 134 valence electrons. The van der Waals surface area contributed by atoms with Gasteiger partial charge in [0.15, 0.2) is 16.8 Å². The molecule has 3 aromatic rings. The molecule has 0 aliphatic carbocycles. The van der Waals surface area contributed by atoms with Crippen molar-refractivity contribution in [3.05, 3.63) is 53.6 Å². The number of phenols is 2. The van der Waals surface area contributed by atoms with Gasteiger partial charge in [0.25, 0.3) is 0 Å². The van der Waals surface area contributed by atoms with Gasteiger partial charge in [0, 0.05) is 18.2 Å². The van der Waals surface area contributed by atoms with Crippen LogP contribution in [0.3, 0.4) is 0 Å². The van der Waals surface area contributed by atoms with Crippen LogP contribution in [0.25, 0.3) is 11.4 Å². The van der Waals surface area contributed by atoms with Crippen molar-refractivity contribution in [1.82, 2.24) is 14.8 Å². The first-order valence-electron chi connectivity index (χ1n) is 8.17. The number of aryl methyl sites for hydroxylation is 1. The third-order valence-electron chi connectivity index (χ3n) is 3.92. The van der Waals surface area contributed by atoms with Crippen molar-refractivity contribution in [2.75, 3.05) is 5.75 Å². The van der Waals surface area contributed by atoms with Gasteiger partial charge in [0.1, 0.15) is 11.5 Å². The molecule has 1 heterocycles. The van der Waals surface area contributed by atoms with Gasteiger partial charge in [-0.1, -0.05) is 35.5 Å². The Balaban J connectivity index is 1.79. The lowest BCUT2D eigenvalue weighted by molar-refractivity contribution is 0.102. The van der Waals surface area contributed by atoms with Crippen molar-refractivity contribution in [3.8, 4) is 22.9 Å². The summed E-state index contributed by atoms with van der Waals surface area (Å²) in [7, 11) is 0. The minimum atomic E-state index is -0.241. The van der Waals surface area contributed by atoms with Crippen molar-refractivity contribution < 1.29 is 15.0 Å². The smallest absolute Gasteiger partial charge is 0.191 e. The maximum absolute atomic E-state index is 12.4. The summed E-state index contributed by atoms with van der Waals surface area (Å²) in [6.45, 7) is 4.70. The van der Waals surface area contributed by atoms with E-state index in [0.717, 1.165) is 23.0 Å². The minimum Gasteiger partial charge on any atom is -0.508 e. The molecule has 0 aliphatic heterocycles. The molecule has 2 aromatic carbocycles. The molecule has 0 radical (unpaired) electrons. The van der Waals surface area contributed by atoms with E-state index in [1.54, 1.807) is 0 Å². The molecule has 0 amide bonds. The van der Waals surface area contributed by atoms with Gasteiger partial charge in [-0.05, 0) is 32.0 Å². The number of ketones is 1. The largest absolute Gasteiger partial charge is 0.508 e. The summed E-state index contributed by atoms with van der Waals surface area (Å²) < 4.78 is 1.96. The van der Waals surface area contributed by atoms with Crippen LogP contribution in [0.5, 0.6) is 11.5 Å². The van der Waals surface area contributed by atoms with E-state index >= 15 is 0 Å². The third-order valence-corrected chi connectivity index (χ3v) is 4.89. The lowest BCUT2D eigenvalue weighted by atomic mass is 10.1. The molecule has 0 saturated carbocycles. The lowest BCUT2D eigenvalue weighted by Crippen LogP contribution is -2.05. The Morgan fingerprint density at radius 2 is 1.96 bits per heavy atom. The van der Waals surface area contributed by atoms with Crippen molar-refractivity contribution in [2.45, 2.75) is 25.5 Å². The van der Waals surface area contributed by atoms with Gasteiger partial charge < -0.3 is 14.8 Å². The predicted octanol–water partition coefficient (Wildman–Crippen LogP) is 3.66. The molecule has 26 heavy (non-hydrogen) atoms. The first-order chi connectivity index (χ1) is 12.5. The van der Waals surface area contributed by atoms with E-state index in [2.05, 4.69) is 10.2 Å². The number of Topliss-reactive ketones (excluding diaryl/α,β-unsaturated/α-hetero) is 1. The normalized spacial score (nSPS) is 10.8. The fourth-order valence-corrected chi connectivity index (χ4v) is 3.53. The Morgan fingerprint density at radius 3 is 2.65 bits per heavy atom. The van der Waals surface area contributed by atoms with Crippen LogP contribution in [0.2, 0.25) is 0 Å². The number of carbonyl (C=O) groups is 1. The third kappa shape index (κ3) is 3.72. The second-order valence-corrected chi connectivity index (χ2v) is 6.78. The highest BCUT2D eigenvalue weighted by Crippen LogP contribution is 2.27. The molecule has 1 aromatic heterocycles. The highest BCUT2D eigenvalue weighted by atomic mass is 32.2. The number of nitrogens with zero attached hydrogens (tertiary/aromatic N) is 3. The van der Waals surface area contributed by atoms with Crippen molar-refractivity contribution in [3.63, 3.8) is 0 Å². The van der Waals surface area contributed by atoms with E-state index in [0.29, 0.717) is 11.7 Å². The van der Waals surface area contributed by atoms with E-state index in [-0.39, 0.29) is 28.6 Å². The SMILES string of the molecule is CCn1c(SCC(=O)c2ccc(O)cc2O)nnc1-c1cccc(C)c1. The summed E-state index contributed by atoms with van der Waals surface area (Å²) >= 11 is 1.27. The van der Waals surface area contributed by atoms with Gasteiger partial charge >= 0.3 is 0 Å². The topological polar surface area (TPSA) is 88.2 Å². The summed E-state index contributed by atoms with van der Waals surface area (Å²) in [5.74, 6) is 0.326. The summed E-state index contributed by atoms with van der Waals surface area (Å²) in [5.41, 5.74) is 2.30. The van der Waals surface area contributed by atoms with Crippen LogP contribution in [0.1, 0.15) is 22.8 Å². The highest BCUT2D eigenvalue weighted by Gasteiger charge is 2.17. The standard InChI is InChI=1S/C19H19N3O3S/c1-3-22-18(13-6-4-5-12(2)9-13)20-21-19(22)26-11-17(25)15-8-7-14(23)10-16(15)24/h4-10,23-24H,3,11H2,1-2H3. The molecule has 0 saturated heterocycles. The zero-order valence-electron chi connectivity index (χ0n) is 14.5. The fourth-order valence-electron chi connectivity index (χ4n) is 2.64. The van der Waals surface area contributed by atoms with E-state index < -0.39 is 0 Å². The van der Waals surface area contributed by atoms with Crippen LogP contribution in [-0.2, 0) is 6.54 Å². The number of hydrogen-bond donors (Lipinski definition) is 2. The monoisotopic (exact) mass is 369 g/mol. The zero-order valence-corrected chi connectivity index (χ0v) is 15.3. The predicted molar refractivity (Wildman–Crippen MR) is 101 cm³/mol. The van der Waals surface area contributed by atoms with Gasteiger partial charge in [-0.2, -0.15) is 0 Å². The molecule has 3 rings (SSSR count). The van der Waals surface area contributed by atoms with Crippen LogP contribution < -0.4 is 0 Å². The second-order valence-electron chi connectivity index (χ2n) is 5.83. The maximum Gasteiger partial charge on any atom is 0.191 e. The Morgan fingerprint density at radius 1 is 1.15 bits per heavy atom. The number of aromatic nitrogens is 3. The van der Waals surface area contributed by atoms with Crippen LogP contribution in [0.4, 0.5) is 0 Å². The number of phenolic OH excluding ortho intramolecular Hbond substituents is 2. The molecular formula is C19H19N3O3S. The molecule has 2 N–H and O–H groups in total. The summed E-state index contributed by atoms with van der Waals surface area (Å²) in [6, 6.07) is 12.0. The van der Waals surface area contributed by atoms with Gasteiger partial charge in [-0.15, -0.1) is 10.2 Å². The summed E-state index contributed by atoms with van der Waals surface area (Å²) in [5, 5.41) is 28.3. The molecule has 0 fully saturated rings. The fraction of sp³-hybridized carbons (Fsp3) is 0.211. The second kappa shape index (κ2) is 7.61. The Hall–Kier alpha value is -2.80. The van der Waals surface area contributed by atoms with Gasteiger partial charge in [0.05, 0.1) is 11.3 Å². The molecule has 0 bridgehead atoms. The van der Waals surface area contributed by atoms with Gasteiger partial charge in [-0.25, -0.2) is 0 Å². The van der Waals surface area contributed by atoms with Crippen LogP contribution in [0, 0.1) is 6.92 Å². The molecular weight excluding hydrogens is 350 g/mol. The number of carbonyl (C=O) groups excluding carboxylic acids is 1. The average molecular weight is 369 g/mol. The summed E-state index contributed by atoms with van der Waals surface area (Å²) in [6.07, 6.45) is 0. The molecule has 0 atom stereocenters. The van der Waals surface area contributed by atoms with Crippen molar-refractivity contribution in [2.24, 2.45) is 0 Å². The molecule has 7 heteroatoms. The molecule has 6 nitrogen and oxygen atoms in total. The number of rotatable bonds is 6. The van der Waals surface area contributed by atoms with E-state index in [9.17, 15) is 15.0 Å². The van der Waals surface area contributed by atoms with Gasteiger partial charge in [-0.3, -0.25) is 4.79 Å². The van der Waals surface area contributed by atoms with Gasteiger partial charge in [0.2, 0.25) is 0 Å². The van der Waals surface area contributed by atoms with Crippen molar-refractivity contribution in [1.29, 1.82) is 0 Å². The minimum absolute atomic E-state index is 0.0831. The Bertz CT molecular complexity index is 953. The Kier molecular flexibility index (Phi) is 5.27. The quantitative estimate of drug-likeness (QED) is 0.509. The molecule has 0 spiro atoms. The van der Waals surface area contributed by atoms with Crippen molar-refractivity contribution >= 4 is 17.5 Å². The van der Waals surface area contributed by atoms with E-state index in [4.69, 9.17) is 0 Å². The highest BCUT2D eigenvalue weighted by molar-refractivity contribution is 7.99. The molecule has 0 aliphatic rings. The maximum atomic E-state index is 12.4. The van der Waals surface area contributed by atoms with Crippen LogP contribution in [-0.4, -0.2) is 36.5 Å². The van der Waals surface area contributed by atoms with E-state index in [1.807, 2.05) is 42.7 Å². The zero-order chi connectivity index (χ0) is 18.7.